The summed E-state index contributed by atoms with van der Waals surface area (Å²) in [5.41, 5.74) is 12.8. The normalized spacial score (nSPS) is 12.8. The predicted octanol–water partition coefficient (Wildman–Crippen LogP) is 8.25. The molecular weight excluding hydrogens is 502 g/mol. The fraction of sp³-hybridized carbons (Fsp3) is 0.0278. The molecule has 0 N–H and O–H groups in total. The smallest absolute Gasteiger partial charge is 0.147 e. The summed E-state index contributed by atoms with van der Waals surface area (Å²) in [7, 11) is 0. The van der Waals surface area contributed by atoms with Crippen molar-refractivity contribution in [3.05, 3.63) is 127 Å². The predicted molar refractivity (Wildman–Crippen MR) is 166 cm³/mol. The molecule has 0 spiro atoms. The first-order valence-electron chi connectivity index (χ1n) is 13.9. The zero-order valence-electron chi connectivity index (χ0n) is 21.9. The van der Waals surface area contributed by atoms with Crippen LogP contribution in [0.3, 0.4) is 0 Å². The third-order valence-electron chi connectivity index (χ3n) is 8.85. The number of para-hydroxylation sites is 2. The van der Waals surface area contributed by atoms with Crippen molar-refractivity contribution in [2.45, 2.75) is 6.42 Å². The van der Waals surface area contributed by atoms with Crippen LogP contribution < -0.4 is 0 Å². The molecule has 41 heavy (non-hydrogen) atoms. The van der Waals surface area contributed by atoms with Gasteiger partial charge in [0.2, 0.25) is 0 Å². The Labute approximate surface area is 234 Å². The second-order valence-corrected chi connectivity index (χ2v) is 10.9. The van der Waals surface area contributed by atoms with E-state index in [2.05, 4.69) is 98.9 Å². The molecule has 0 saturated carbocycles. The van der Waals surface area contributed by atoms with Gasteiger partial charge in [0, 0.05) is 39.6 Å². The van der Waals surface area contributed by atoms with Crippen LogP contribution >= 0.6 is 0 Å². The van der Waals surface area contributed by atoms with Gasteiger partial charge in [-0.05, 0) is 88.7 Å². The van der Waals surface area contributed by atoms with Crippen LogP contribution in [0.25, 0.3) is 77.1 Å². The Morgan fingerprint density at radius 3 is 2.44 bits per heavy atom. The quantitative estimate of drug-likeness (QED) is 0.204. The molecule has 0 saturated heterocycles. The summed E-state index contributed by atoms with van der Waals surface area (Å²) in [6.07, 6.45) is 6.44. The van der Waals surface area contributed by atoms with Crippen molar-refractivity contribution in [2.24, 2.45) is 0 Å². The molecule has 0 aliphatic heterocycles. The topological polar surface area (TPSA) is 48.0 Å². The molecule has 10 rings (SSSR count). The number of pyridine rings is 3. The Balaban J connectivity index is 1.31. The van der Waals surface area contributed by atoms with E-state index in [9.17, 15) is 0 Å². The fourth-order valence-corrected chi connectivity index (χ4v) is 7.17. The Morgan fingerprint density at radius 2 is 1.49 bits per heavy atom. The Bertz CT molecular complexity index is 2550. The monoisotopic (exact) mass is 523 g/mol. The SMILES string of the molecule is c1ccc(-n2c3ccccc3c3c4c(ccc32)-c2cc3c5cccnc5n5c6cnccc6nc5c3cc2C4)cc1. The van der Waals surface area contributed by atoms with Gasteiger partial charge in [0.15, 0.2) is 0 Å². The second kappa shape index (κ2) is 7.55. The van der Waals surface area contributed by atoms with Gasteiger partial charge < -0.3 is 4.57 Å². The summed E-state index contributed by atoms with van der Waals surface area (Å²) in [5, 5.41) is 6.09. The Kier molecular flexibility index (Phi) is 3.92. The highest BCUT2D eigenvalue weighted by Gasteiger charge is 2.26. The van der Waals surface area contributed by atoms with Gasteiger partial charge in [0.1, 0.15) is 11.3 Å². The maximum atomic E-state index is 5.08. The molecule has 0 radical (unpaired) electrons. The highest BCUT2D eigenvalue weighted by Crippen LogP contribution is 2.46. The molecule has 0 atom stereocenters. The highest BCUT2D eigenvalue weighted by molar-refractivity contribution is 6.17. The van der Waals surface area contributed by atoms with E-state index in [0.29, 0.717) is 0 Å². The minimum atomic E-state index is 0.889. The van der Waals surface area contributed by atoms with E-state index in [0.717, 1.165) is 39.5 Å². The number of nitrogens with zero attached hydrogens (tertiary/aromatic N) is 5. The molecule has 5 nitrogen and oxygen atoms in total. The zero-order chi connectivity index (χ0) is 26.7. The van der Waals surface area contributed by atoms with Gasteiger partial charge in [-0.15, -0.1) is 0 Å². The van der Waals surface area contributed by atoms with Crippen molar-refractivity contribution >= 4 is 60.3 Å². The second-order valence-electron chi connectivity index (χ2n) is 10.9. The molecule has 5 aromatic heterocycles. The van der Waals surface area contributed by atoms with Crippen molar-refractivity contribution in [1.82, 2.24) is 23.9 Å². The number of hydrogen-bond donors (Lipinski definition) is 0. The maximum Gasteiger partial charge on any atom is 0.147 e. The van der Waals surface area contributed by atoms with Crippen LogP contribution in [-0.2, 0) is 6.42 Å². The van der Waals surface area contributed by atoms with Crippen LogP contribution in [0.2, 0.25) is 0 Å². The van der Waals surface area contributed by atoms with Crippen molar-refractivity contribution < 1.29 is 0 Å². The minimum absolute atomic E-state index is 0.889. The number of imidazole rings is 1. The van der Waals surface area contributed by atoms with Crippen LogP contribution in [0.15, 0.2) is 116 Å². The first kappa shape index (κ1) is 21.3. The summed E-state index contributed by atoms with van der Waals surface area (Å²) in [6, 6.07) is 35.0. The summed E-state index contributed by atoms with van der Waals surface area (Å²) in [6.45, 7) is 0. The average molecular weight is 524 g/mol. The molecule has 0 unspecified atom stereocenters. The third kappa shape index (κ3) is 2.68. The summed E-state index contributed by atoms with van der Waals surface area (Å²) < 4.78 is 4.57. The van der Waals surface area contributed by atoms with Crippen LogP contribution in [-0.4, -0.2) is 23.9 Å². The third-order valence-corrected chi connectivity index (χ3v) is 8.85. The van der Waals surface area contributed by atoms with E-state index in [1.807, 2.05) is 24.5 Å². The lowest BCUT2D eigenvalue weighted by atomic mass is 9.98. The van der Waals surface area contributed by atoms with E-state index in [1.165, 1.54) is 55.1 Å². The number of benzene rings is 4. The molecule has 5 heteroatoms. The van der Waals surface area contributed by atoms with E-state index in [-0.39, 0.29) is 0 Å². The molecule has 1 aliphatic carbocycles. The van der Waals surface area contributed by atoms with Gasteiger partial charge in [-0.25, -0.2) is 9.97 Å². The van der Waals surface area contributed by atoms with E-state index in [4.69, 9.17) is 9.97 Å². The molecule has 0 fully saturated rings. The van der Waals surface area contributed by atoms with Crippen LogP contribution in [0.1, 0.15) is 11.1 Å². The molecule has 4 aromatic carbocycles. The Hall–Kier alpha value is -5.55. The van der Waals surface area contributed by atoms with Gasteiger partial charge in [-0.3, -0.25) is 9.38 Å². The van der Waals surface area contributed by atoms with E-state index >= 15 is 0 Å². The van der Waals surface area contributed by atoms with Gasteiger partial charge >= 0.3 is 0 Å². The molecule has 0 bridgehead atoms. The fourth-order valence-electron chi connectivity index (χ4n) is 7.17. The lowest BCUT2D eigenvalue weighted by Gasteiger charge is -2.11. The van der Waals surface area contributed by atoms with Gasteiger partial charge in [0.25, 0.3) is 0 Å². The van der Waals surface area contributed by atoms with Gasteiger partial charge in [0.05, 0.1) is 28.3 Å². The molecule has 5 heterocycles. The number of rotatable bonds is 1. The van der Waals surface area contributed by atoms with Crippen LogP contribution in [0.4, 0.5) is 0 Å². The molecular formula is C36H21N5. The van der Waals surface area contributed by atoms with Crippen LogP contribution in [0, 0.1) is 0 Å². The van der Waals surface area contributed by atoms with Crippen molar-refractivity contribution in [1.29, 1.82) is 0 Å². The van der Waals surface area contributed by atoms with Crippen LogP contribution in [0.5, 0.6) is 0 Å². The van der Waals surface area contributed by atoms with E-state index in [1.54, 1.807) is 6.20 Å². The molecule has 9 aromatic rings. The standard InChI is InChI=1S/C36H21N5/c1-2-7-22(8-3-1)40-31-11-5-4-9-25(31)34-28-17-21-18-29-27(19-26(21)23(28)12-13-32(34)40)24-10-6-15-38-35(24)41-33-20-37-16-14-30(33)39-36(29)41/h1-16,18-20H,17H2. The summed E-state index contributed by atoms with van der Waals surface area (Å²) in [5.74, 6) is 0. The average Bonchev–Trinajstić information content (AvgIpc) is 3.70. The zero-order valence-corrected chi connectivity index (χ0v) is 21.9. The lowest BCUT2D eigenvalue weighted by molar-refractivity contribution is 1.18. The molecule has 0 amide bonds. The summed E-state index contributed by atoms with van der Waals surface area (Å²) >= 11 is 0. The maximum absolute atomic E-state index is 5.08. The van der Waals surface area contributed by atoms with Gasteiger partial charge in [-0.2, -0.15) is 0 Å². The van der Waals surface area contributed by atoms with Crippen molar-refractivity contribution in [2.75, 3.05) is 0 Å². The first-order valence-corrected chi connectivity index (χ1v) is 13.9. The van der Waals surface area contributed by atoms with Crippen molar-refractivity contribution in [3.63, 3.8) is 0 Å². The lowest BCUT2D eigenvalue weighted by Crippen LogP contribution is -1.95. The minimum Gasteiger partial charge on any atom is -0.309 e. The largest absolute Gasteiger partial charge is 0.309 e. The van der Waals surface area contributed by atoms with Gasteiger partial charge in [-0.1, -0.05) is 42.5 Å². The number of fused-ring (bicyclic) bond motifs is 15. The first-order chi connectivity index (χ1) is 20.3. The highest BCUT2D eigenvalue weighted by atomic mass is 15.1. The summed E-state index contributed by atoms with van der Waals surface area (Å²) in [4.78, 5) is 14.3. The molecule has 1 aliphatic rings. The Morgan fingerprint density at radius 1 is 0.610 bits per heavy atom. The number of hydrogen-bond acceptors (Lipinski definition) is 3. The number of aromatic nitrogens is 5. The molecule has 190 valence electrons. The van der Waals surface area contributed by atoms with E-state index < -0.39 is 0 Å². The van der Waals surface area contributed by atoms with Crippen molar-refractivity contribution in [3.8, 4) is 16.8 Å².